The molecule has 0 heteroatoms. The van der Waals surface area contributed by atoms with E-state index in [-0.39, 0.29) is 0 Å². The molecule has 0 aromatic heterocycles. The maximum atomic E-state index is 2.07. The molecule has 0 amide bonds. The quantitative estimate of drug-likeness (QED) is 0.569. The van der Waals surface area contributed by atoms with Crippen LogP contribution in [0.5, 0.6) is 0 Å². The van der Waals surface area contributed by atoms with Crippen LogP contribution in [0.2, 0.25) is 0 Å². The van der Waals surface area contributed by atoms with Crippen LogP contribution in [-0.2, 0) is 0 Å². The second-order valence-electron chi connectivity index (χ2n) is 9.32. The lowest BCUT2D eigenvalue weighted by atomic mass is 9.48. The van der Waals surface area contributed by atoms with Crippen LogP contribution in [0.25, 0.3) is 0 Å². The Balaban J connectivity index is 1.45. The standard InChI is InChI=1S/C20H27/c1-11-3-15-5-12(1)6-16(4-11)19(15)20-17-7-13-2-14(9-17)10-18(20)8-13/h11-17H,1-10H2. The Labute approximate surface area is 123 Å². The van der Waals surface area contributed by atoms with E-state index in [1.54, 1.807) is 51.4 Å². The highest BCUT2D eigenvalue weighted by Gasteiger charge is 2.51. The molecule has 8 fully saturated rings. The normalized spacial score (nSPS) is 56.1. The van der Waals surface area contributed by atoms with E-state index in [9.17, 15) is 0 Å². The third kappa shape index (κ3) is 1.39. The number of hydrogen-bond acceptors (Lipinski definition) is 0. The van der Waals surface area contributed by atoms with Crippen molar-refractivity contribution in [3.05, 3.63) is 17.1 Å². The molecule has 8 saturated carbocycles. The molecule has 8 aliphatic rings. The Kier molecular flexibility index (Phi) is 2.11. The molecule has 0 N–H and O–H groups in total. The van der Waals surface area contributed by atoms with Gasteiger partial charge in [0.2, 0.25) is 0 Å². The minimum Gasteiger partial charge on any atom is -0.0639 e. The lowest BCUT2D eigenvalue weighted by Gasteiger charge is -2.57. The maximum absolute atomic E-state index is 2.07. The van der Waals surface area contributed by atoms with Crippen LogP contribution in [0.4, 0.5) is 0 Å². The molecule has 107 valence electrons. The summed E-state index contributed by atoms with van der Waals surface area (Å²) in [6.45, 7) is 0. The van der Waals surface area contributed by atoms with Gasteiger partial charge in [0.15, 0.2) is 0 Å². The molecule has 1 radical (unpaired) electrons. The van der Waals surface area contributed by atoms with Crippen molar-refractivity contribution in [3.63, 3.8) is 0 Å². The average Bonchev–Trinajstić information content (AvgIpc) is 2.39. The lowest BCUT2D eigenvalue weighted by molar-refractivity contribution is 0.0607. The molecule has 0 aromatic rings. The van der Waals surface area contributed by atoms with Gasteiger partial charge in [0, 0.05) is 5.92 Å². The second kappa shape index (κ2) is 3.73. The lowest BCUT2D eigenvalue weighted by Crippen LogP contribution is -2.45. The van der Waals surface area contributed by atoms with E-state index < -0.39 is 0 Å². The summed E-state index contributed by atoms with van der Waals surface area (Å²) >= 11 is 0. The molecule has 2 unspecified atom stereocenters. The molecule has 0 aromatic carbocycles. The summed E-state index contributed by atoms with van der Waals surface area (Å²) in [5.74, 6) is 9.57. The van der Waals surface area contributed by atoms with Gasteiger partial charge in [-0.25, -0.2) is 0 Å². The van der Waals surface area contributed by atoms with Crippen LogP contribution >= 0.6 is 0 Å². The zero-order valence-corrected chi connectivity index (χ0v) is 12.6. The van der Waals surface area contributed by atoms with Crippen molar-refractivity contribution in [2.75, 3.05) is 0 Å². The summed E-state index contributed by atoms with van der Waals surface area (Å²) in [7, 11) is 0. The van der Waals surface area contributed by atoms with Crippen molar-refractivity contribution in [1.82, 2.24) is 0 Å². The van der Waals surface area contributed by atoms with Crippen molar-refractivity contribution in [2.45, 2.75) is 64.2 Å². The first-order valence-corrected chi connectivity index (χ1v) is 9.42. The highest BCUT2D eigenvalue weighted by Crippen LogP contribution is 2.63. The van der Waals surface area contributed by atoms with Gasteiger partial charge < -0.3 is 0 Å². The minimum atomic E-state index is 1.03. The maximum Gasteiger partial charge on any atom is 0.00168 e. The van der Waals surface area contributed by atoms with Gasteiger partial charge in [-0.3, -0.25) is 0 Å². The first-order chi connectivity index (χ1) is 9.83. The van der Waals surface area contributed by atoms with Gasteiger partial charge in [-0.1, -0.05) is 11.1 Å². The molecule has 20 heavy (non-hydrogen) atoms. The van der Waals surface area contributed by atoms with Crippen LogP contribution in [0.1, 0.15) is 64.2 Å². The van der Waals surface area contributed by atoms with Crippen LogP contribution < -0.4 is 0 Å². The van der Waals surface area contributed by atoms with Crippen LogP contribution in [0.15, 0.2) is 11.1 Å². The number of rotatable bonds is 0. The van der Waals surface area contributed by atoms with E-state index in [1.807, 2.05) is 11.5 Å². The van der Waals surface area contributed by atoms with Crippen molar-refractivity contribution < 1.29 is 0 Å². The van der Waals surface area contributed by atoms with Crippen molar-refractivity contribution >= 4 is 0 Å². The Morgan fingerprint density at radius 1 is 0.500 bits per heavy atom. The van der Waals surface area contributed by atoms with E-state index in [2.05, 4.69) is 5.57 Å². The van der Waals surface area contributed by atoms with E-state index in [0.29, 0.717) is 0 Å². The van der Waals surface area contributed by atoms with Gasteiger partial charge >= 0.3 is 0 Å². The summed E-state index contributed by atoms with van der Waals surface area (Å²) in [5, 5.41) is 0. The molecule has 8 rings (SSSR count). The third-order valence-electron chi connectivity index (χ3n) is 8.09. The average molecular weight is 267 g/mol. The van der Waals surface area contributed by atoms with Crippen LogP contribution in [-0.4, -0.2) is 0 Å². The first kappa shape index (κ1) is 11.3. The highest BCUT2D eigenvalue weighted by atomic mass is 14.6. The Bertz CT molecular complexity index is 378. The predicted molar refractivity (Wildman–Crippen MR) is 80.9 cm³/mol. The van der Waals surface area contributed by atoms with Gasteiger partial charge in [0.25, 0.3) is 0 Å². The second-order valence-corrected chi connectivity index (χ2v) is 9.32. The monoisotopic (exact) mass is 267 g/mol. The molecule has 8 aliphatic carbocycles. The van der Waals surface area contributed by atoms with Crippen LogP contribution in [0.3, 0.4) is 0 Å². The fourth-order valence-electron chi connectivity index (χ4n) is 7.99. The molecule has 0 heterocycles. The molecule has 8 bridgehead atoms. The fourth-order valence-corrected chi connectivity index (χ4v) is 7.99. The van der Waals surface area contributed by atoms with Crippen molar-refractivity contribution in [1.29, 1.82) is 0 Å². The highest BCUT2D eigenvalue weighted by molar-refractivity contribution is 5.42. The van der Waals surface area contributed by atoms with Crippen molar-refractivity contribution in [2.24, 2.45) is 41.4 Å². The predicted octanol–water partition coefficient (Wildman–Crippen LogP) is 5.15. The number of hydrogen-bond donors (Lipinski definition) is 0. The summed E-state index contributed by atoms with van der Waals surface area (Å²) < 4.78 is 0. The SMILES string of the molecule is C1[C]2CC3CC1CC(C3)C2=C1C2CC3CC(C2)CC1C3. The summed E-state index contributed by atoms with van der Waals surface area (Å²) in [5.41, 5.74) is 4.09. The smallest absolute Gasteiger partial charge is 0.00168 e. The first-order valence-electron chi connectivity index (χ1n) is 9.42. The van der Waals surface area contributed by atoms with Gasteiger partial charge in [-0.05, 0) is 106 Å². The minimum absolute atomic E-state index is 1.03. The Hall–Kier alpha value is -0.260. The summed E-state index contributed by atoms with van der Waals surface area (Å²) in [6.07, 6.45) is 15.7. The van der Waals surface area contributed by atoms with E-state index in [0.717, 1.165) is 41.4 Å². The van der Waals surface area contributed by atoms with E-state index in [1.165, 1.54) is 12.8 Å². The molecular weight excluding hydrogens is 240 g/mol. The molecule has 2 atom stereocenters. The largest absolute Gasteiger partial charge is 0.0639 e. The van der Waals surface area contributed by atoms with E-state index >= 15 is 0 Å². The zero-order chi connectivity index (χ0) is 12.8. The Morgan fingerprint density at radius 3 is 1.55 bits per heavy atom. The molecule has 0 aliphatic heterocycles. The van der Waals surface area contributed by atoms with Gasteiger partial charge in [-0.2, -0.15) is 0 Å². The van der Waals surface area contributed by atoms with Gasteiger partial charge in [-0.15, -0.1) is 0 Å². The van der Waals surface area contributed by atoms with Crippen molar-refractivity contribution in [3.8, 4) is 0 Å². The fraction of sp³-hybridized carbons (Fsp3) is 0.850. The summed E-state index contributed by atoms with van der Waals surface area (Å²) in [4.78, 5) is 0. The van der Waals surface area contributed by atoms with Gasteiger partial charge in [0.05, 0.1) is 0 Å². The summed E-state index contributed by atoms with van der Waals surface area (Å²) in [6, 6.07) is 0. The van der Waals surface area contributed by atoms with Gasteiger partial charge in [0.1, 0.15) is 0 Å². The molecule has 0 nitrogen and oxygen atoms in total. The topological polar surface area (TPSA) is 0 Å². The number of allylic oxidation sites excluding steroid dienone is 2. The van der Waals surface area contributed by atoms with E-state index in [4.69, 9.17) is 0 Å². The Morgan fingerprint density at radius 2 is 1.00 bits per heavy atom. The third-order valence-corrected chi connectivity index (χ3v) is 8.09. The molecule has 0 saturated heterocycles. The molecule has 0 spiro atoms. The van der Waals surface area contributed by atoms with Crippen LogP contribution in [0, 0.1) is 47.3 Å². The zero-order valence-electron chi connectivity index (χ0n) is 12.6. The molecular formula is C20H27.